The SMILES string of the molecule is COc1cc(CNCc2cccnc2)ccc1OCc1ccc(Cl)cc1. The number of nitrogens with zero attached hydrogens (tertiary/aromatic N) is 1. The molecular weight excluding hydrogens is 348 g/mol. The summed E-state index contributed by atoms with van der Waals surface area (Å²) in [6.45, 7) is 1.97. The number of hydrogen-bond acceptors (Lipinski definition) is 4. The van der Waals surface area contributed by atoms with Crippen molar-refractivity contribution in [1.29, 1.82) is 0 Å². The lowest BCUT2D eigenvalue weighted by atomic mass is 10.2. The van der Waals surface area contributed by atoms with E-state index in [1.807, 2.05) is 60.8 Å². The van der Waals surface area contributed by atoms with Crippen LogP contribution in [0.15, 0.2) is 67.0 Å². The largest absolute Gasteiger partial charge is 0.493 e. The van der Waals surface area contributed by atoms with Crippen molar-refractivity contribution in [2.45, 2.75) is 19.7 Å². The standard InChI is InChI=1S/C21H21ClN2O2/c1-25-21-11-17(12-24-14-18-3-2-10-23-13-18)6-9-20(21)26-15-16-4-7-19(22)8-5-16/h2-11,13,24H,12,14-15H2,1H3. The molecule has 0 aliphatic carbocycles. The fourth-order valence-corrected chi connectivity index (χ4v) is 2.66. The van der Waals surface area contributed by atoms with E-state index in [0.717, 1.165) is 46.3 Å². The molecule has 0 amide bonds. The molecule has 0 unspecified atom stereocenters. The molecule has 0 saturated heterocycles. The second-order valence-corrected chi connectivity index (χ2v) is 6.30. The van der Waals surface area contributed by atoms with E-state index in [0.29, 0.717) is 6.61 Å². The van der Waals surface area contributed by atoms with Crippen LogP contribution in [-0.2, 0) is 19.7 Å². The van der Waals surface area contributed by atoms with Gasteiger partial charge in [-0.25, -0.2) is 0 Å². The van der Waals surface area contributed by atoms with E-state index in [1.165, 1.54) is 0 Å². The van der Waals surface area contributed by atoms with Crippen LogP contribution in [0.5, 0.6) is 11.5 Å². The molecule has 0 radical (unpaired) electrons. The van der Waals surface area contributed by atoms with Gasteiger partial charge in [0.2, 0.25) is 0 Å². The van der Waals surface area contributed by atoms with Gasteiger partial charge in [0, 0.05) is 30.5 Å². The first-order valence-electron chi connectivity index (χ1n) is 8.38. The van der Waals surface area contributed by atoms with Gasteiger partial charge in [-0.05, 0) is 47.0 Å². The van der Waals surface area contributed by atoms with E-state index in [9.17, 15) is 0 Å². The first-order chi connectivity index (χ1) is 12.7. The average Bonchev–Trinajstić information content (AvgIpc) is 2.69. The summed E-state index contributed by atoms with van der Waals surface area (Å²) in [7, 11) is 1.65. The van der Waals surface area contributed by atoms with Gasteiger partial charge >= 0.3 is 0 Å². The fourth-order valence-electron chi connectivity index (χ4n) is 2.54. The molecule has 3 aromatic rings. The minimum atomic E-state index is 0.464. The van der Waals surface area contributed by atoms with Gasteiger partial charge in [0.05, 0.1) is 7.11 Å². The first-order valence-corrected chi connectivity index (χ1v) is 8.76. The second-order valence-electron chi connectivity index (χ2n) is 5.87. The van der Waals surface area contributed by atoms with E-state index in [2.05, 4.69) is 10.3 Å². The van der Waals surface area contributed by atoms with Gasteiger partial charge in [-0.1, -0.05) is 35.9 Å². The van der Waals surface area contributed by atoms with Crippen LogP contribution in [-0.4, -0.2) is 12.1 Å². The number of pyridine rings is 1. The van der Waals surface area contributed by atoms with Crippen molar-refractivity contribution >= 4 is 11.6 Å². The molecule has 0 bridgehead atoms. The van der Waals surface area contributed by atoms with Crippen LogP contribution in [0.1, 0.15) is 16.7 Å². The van der Waals surface area contributed by atoms with Gasteiger partial charge in [-0.2, -0.15) is 0 Å². The van der Waals surface area contributed by atoms with Crippen molar-refractivity contribution in [3.8, 4) is 11.5 Å². The monoisotopic (exact) mass is 368 g/mol. The number of benzene rings is 2. The molecule has 1 N–H and O–H groups in total. The lowest BCUT2D eigenvalue weighted by Crippen LogP contribution is -2.12. The topological polar surface area (TPSA) is 43.4 Å². The van der Waals surface area contributed by atoms with Crippen molar-refractivity contribution in [3.63, 3.8) is 0 Å². The third kappa shape index (κ3) is 5.22. The molecule has 26 heavy (non-hydrogen) atoms. The summed E-state index contributed by atoms with van der Waals surface area (Å²) in [6, 6.07) is 17.6. The van der Waals surface area contributed by atoms with Gasteiger partial charge in [-0.15, -0.1) is 0 Å². The zero-order valence-electron chi connectivity index (χ0n) is 14.6. The zero-order chi connectivity index (χ0) is 18.2. The number of ether oxygens (including phenoxy) is 2. The molecule has 1 heterocycles. The molecule has 3 rings (SSSR count). The lowest BCUT2D eigenvalue weighted by molar-refractivity contribution is 0.284. The molecule has 134 valence electrons. The smallest absolute Gasteiger partial charge is 0.161 e. The van der Waals surface area contributed by atoms with Crippen LogP contribution >= 0.6 is 11.6 Å². The number of rotatable bonds is 8. The maximum atomic E-state index is 5.90. The van der Waals surface area contributed by atoms with E-state index >= 15 is 0 Å². The third-order valence-corrected chi connectivity index (χ3v) is 4.17. The van der Waals surface area contributed by atoms with Gasteiger partial charge < -0.3 is 14.8 Å². The Kier molecular flexibility index (Phi) is 6.47. The normalized spacial score (nSPS) is 10.5. The minimum absolute atomic E-state index is 0.464. The van der Waals surface area contributed by atoms with Gasteiger partial charge in [0.1, 0.15) is 6.61 Å². The first kappa shape index (κ1) is 18.2. The van der Waals surface area contributed by atoms with E-state index in [4.69, 9.17) is 21.1 Å². The van der Waals surface area contributed by atoms with Crippen molar-refractivity contribution in [3.05, 3.63) is 88.7 Å². The van der Waals surface area contributed by atoms with Gasteiger partial charge in [0.15, 0.2) is 11.5 Å². The molecule has 0 aliphatic rings. The molecular formula is C21H21ClN2O2. The Labute approximate surface area is 158 Å². The van der Waals surface area contributed by atoms with Crippen LogP contribution in [0.4, 0.5) is 0 Å². The predicted molar refractivity (Wildman–Crippen MR) is 104 cm³/mol. The van der Waals surface area contributed by atoms with Crippen LogP contribution in [0, 0.1) is 0 Å². The van der Waals surface area contributed by atoms with Crippen LogP contribution in [0.25, 0.3) is 0 Å². The summed E-state index contributed by atoms with van der Waals surface area (Å²) in [5.41, 5.74) is 3.34. The number of halogens is 1. The summed E-state index contributed by atoms with van der Waals surface area (Å²) < 4.78 is 11.4. The highest BCUT2D eigenvalue weighted by Crippen LogP contribution is 2.29. The number of aromatic nitrogens is 1. The molecule has 0 fully saturated rings. The Hall–Kier alpha value is -2.56. The molecule has 5 heteroatoms. The summed E-state index contributed by atoms with van der Waals surface area (Å²) >= 11 is 5.90. The fraction of sp³-hybridized carbons (Fsp3) is 0.190. The number of nitrogens with one attached hydrogen (secondary N) is 1. The van der Waals surface area contributed by atoms with Gasteiger partial charge in [-0.3, -0.25) is 4.98 Å². The number of methoxy groups -OCH3 is 1. The van der Waals surface area contributed by atoms with Crippen LogP contribution < -0.4 is 14.8 Å². The Balaban J connectivity index is 1.57. The molecule has 0 spiro atoms. The van der Waals surface area contributed by atoms with E-state index in [1.54, 1.807) is 13.3 Å². The molecule has 0 atom stereocenters. The van der Waals surface area contributed by atoms with Crippen molar-refractivity contribution < 1.29 is 9.47 Å². The highest BCUT2D eigenvalue weighted by molar-refractivity contribution is 6.30. The summed E-state index contributed by atoms with van der Waals surface area (Å²) in [5, 5.41) is 4.12. The maximum absolute atomic E-state index is 5.90. The lowest BCUT2D eigenvalue weighted by Gasteiger charge is -2.13. The van der Waals surface area contributed by atoms with Crippen molar-refractivity contribution in [2.75, 3.05) is 7.11 Å². The van der Waals surface area contributed by atoms with Crippen molar-refractivity contribution in [2.24, 2.45) is 0 Å². The Bertz CT molecular complexity index is 823. The Morgan fingerprint density at radius 3 is 2.42 bits per heavy atom. The summed E-state index contributed by atoms with van der Waals surface area (Å²) in [4.78, 5) is 4.12. The average molecular weight is 369 g/mol. The zero-order valence-corrected chi connectivity index (χ0v) is 15.4. The Morgan fingerprint density at radius 2 is 1.69 bits per heavy atom. The van der Waals surface area contributed by atoms with E-state index < -0.39 is 0 Å². The van der Waals surface area contributed by atoms with Crippen LogP contribution in [0.3, 0.4) is 0 Å². The van der Waals surface area contributed by atoms with Gasteiger partial charge in [0.25, 0.3) is 0 Å². The molecule has 2 aromatic carbocycles. The highest BCUT2D eigenvalue weighted by atomic mass is 35.5. The molecule has 4 nitrogen and oxygen atoms in total. The molecule has 0 saturated carbocycles. The third-order valence-electron chi connectivity index (χ3n) is 3.92. The summed E-state index contributed by atoms with van der Waals surface area (Å²) in [6.07, 6.45) is 3.64. The highest BCUT2D eigenvalue weighted by Gasteiger charge is 2.06. The van der Waals surface area contributed by atoms with Crippen molar-refractivity contribution in [1.82, 2.24) is 10.3 Å². The quantitative estimate of drug-likeness (QED) is 0.630. The predicted octanol–water partition coefficient (Wildman–Crippen LogP) is 4.61. The maximum Gasteiger partial charge on any atom is 0.161 e. The molecule has 1 aromatic heterocycles. The summed E-state index contributed by atoms with van der Waals surface area (Å²) in [5.74, 6) is 1.44. The minimum Gasteiger partial charge on any atom is -0.493 e. The molecule has 0 aliphatic heterocycles. The van der Waals surface area contributed by atoms with Crippen LogP contribution in [0.2, 0.25) is 5.02 Å². The Morgan fingerprint density at radius 1 is 0.923 bits per heavy atom. The number of hydrogen-bond donors (Lipinski definition) is 1. The van der Waals surface area contributed by atoms with E-state index in [-0.39, 0.29) is 0 Å². The second kappa shape index (κ2) is 9.22.